The summed E-state index contributed by atoms with van der Waals surface area (Å²) in [6.07, 6.45) is 5.39. The molecule has 0 saturated carbocycles. The number of benzene rings is 2. The van der Waals surface area contributed by atoms with Gasteiger partial charge in [-0.2, -0.15) is 0 Å². The van der Waals surface area contributed by atoms with Gasteiger partial charge < -0.3 is 10.2 Å². The monoisotopic (exact) mass is 351 g/mol. The highest BCUT2D eigenvalue weighted by Gasteiger charge is 2.28. The highest BCUT2D eigenvalue weighted by Crippen LogP contribution is 2.27. The first-order valence-corrected chi connectivity index (χ1v) is 9.94. The van der Waals surface area contributed by atoms with Crippen LogP contribution in [0.4, 0.5) is 5.69 Å². The summed E-state index contributed by atoms with van der Waals surface area (Å²) >= 11 is 0. The van der Waals surface area contributed by atoms with Crippen molar-refractivity contribution in [1.82, 2.24) is 0 Å². The second kappa shape index (κ2) is 8.50. The van der Waals surface area contributed by atoms with Crippen LogP contribution >= 0.6 is 0 Å². The van der Waals surface area contributed by atoms with Crippen molar-refractivity contribution in [3.05, 3.63) is 64.7 Å². The Bertz CT molecular complexity index is 746. The predicted molar refractivity (Wildman–Crippen MR) is 108 cm³/mol. The number of para-hydroxylation sites is 1. The van der Waals surface area contributed by atoms with Crippen molar-refractivity contribution in [1.29, 1.82) is 0 Å². The molecular weight excluding hydrogens is 320 g/mol. The second-order valence-corrected chi connectivity index (χ2v) is 7.37. The molecular formula is C23H31N2O+. The number of quaternary nitrogens is 1. The lowest BCUT2D eigenvalue weighted by atomic mass is 9.87. The second-order valence-electron chi connectivity index (χ2n) is 7.37. The van der Waals surface area contributed by atoms with Crippen LogP contribution in [0, 0.1) is 0 Å². The van der Waals surface area contributed by atoms with Gasteiger partial charge in [-0.05, 0) is 42.4 Å². The van der Waals surface area contributed by atoms with Gasteiger partial charge in [0.25, 0.3) is 5.91 Å². The predicted octanol–water partition coefficient (Wildman–Crippen LogP) is 3.34. The van der Waals surface area contributed by atoms with E-state index in [2.05, 4.69) is 68.7 Å². The number of hydrogen-bond acceptors (Lipinski definition) is 1. The van der Waals surface area contributed by atoms with Crippen LogP contribution in [0.5, 0.6) is 0 Å². The summed E-state index contributed by atoms with van der Waals surface area (Å²) < 4.78 is 0. The molecule has 1 aliphatic rings. The number of hydrogen-bond donors (Lipinski definition) is 2. The lowest BCUT2D eigenvalue weighted by Crippen LogP contribution is -3.10. The number of fused-ring (bicyclic) bond motifs is 1. The fourth-order valence-corrected chi connectivity index (χ4v) is 4.23. The molecule has 0 bridgehead atoms. The molecule has 1 amide bonds. The van der Waals surface area contributed by atoms with Gasteiger partial charge in [-0.15, -0.1) is 0 Å². The Kier molecular flexibility index (Phi) is 6.10. The molecule has 0 spiro atoms. The van der Waals surface area contributed by atoms with Crippen LogP contribution in [0.2, 0.25) is 0 Å². The molecule has 2 atom stereocenters. The number of anilines is 1. The quantitative estimate of drug-likeness (QED) is 0.822. The lowest BCUT2D eigenvalue weighted by Gasteiger charge is -2.30. The van der Waals surface area contributed by atoms with Crippen molar-refractivity contribution in [2.75, 3.05) is 18.9 Å². The third kappa shape index (κ3) is 3.99. The molecule has 3 rings (SSSR count). The van der Waals surface area contributed by atoms with E-state index in [1.807, 2.05) is 0 Å². The van der Waals surface area contributed by atoms with Crippen LogP contribution in [-0.4, -0.2) is 19.5 Å². The van der Waals surface area contributed by atoms with Crippen molar-refractivity contribution < 1.29 is 9.69 Å². The molecule has 26 heavy (non-hydrogen) atoms. The topological polar surface area (TPSA) is 33.5 Å². The first kappa shape index (κ1) is 18.7. The molecule has 3 heteroatoms. The van der Waals surface area contributed by atoms with Crippen molar-refractivity contribution >= 4 is 11.6 Å². The number of likely N-dealkylation sites (N-methyl/N-ethyl adjacent to an activating group) is 1. The summed E-state index contributed by atoms with van der Waals surface area (Å²) in [5.41, 5.74) is 6.34. The highest BCUT2D eigenvalue weighted by molar-refractivity contribution is 5.93. The SMILES string of the molecule is CCc1cccc(CC)c1NC(=O)C[NH+](C)[C@H]1CCCc2ccccc21. The standard InChI is InChI=1S/C23H30N2O/c1-4-17-11-8-12-18(5-2)23(17)24-22(26)16-25(3)21-15-9-13-19-10-6-7-14-20(19)21/h6-8,10-12,14,21H,4-5,9,13,15-16H2,1-3H3,(H,24,26)/p+1/t21-/m0/s1. The van der Waals surface area contributed by atoms with Gasteiger partial charge in [-0.1, -0.05) is 56.3 Å². The van der Waals surface area contributed by atoms with E-state index in [9.17, 15) is 4.79 Å². The third-order valence-corrected chi connectivity index (χ3v) is 5.67. The number of aryl methyl sites for hydroxylation is 3. The fraction of sp³-hybridized carbons (Fsp3) is 0.435. The molecule has 2 aromatic rings. The van der Waals surface area contributed by atoms with Crippen LogP contribution in [0.15, 0.2) is 42.5 Å². The molecule has 2 aromatic carbocycles. The van der Waals surface area contributed by atoms with E-state index < -0.39 is 0 Å². The molecule has 0 aromatic heterocycles. The zero-order chi connectivity index (χ0) is 18.5. The van der Waals surface area contributed by atoms with E-state index in [1.165, 1.54) is 33.6 Å². The molecule has 3 nitrogen and oxygen atoms in total. The number of carbonyl (C=O) groups is 1. The van der Waals surface area contributed by atoms with Gasteiger partial charge in [0.15, 0.2) is 6.54 Å². The van der Waals surface area contributed by atoms with Gasteiger partial charge in [-0.25, -0.2) is 0 Å². The Hall–Kier alpha value is -2.13. The number of nitrogens with one attached hydrogen (secondary N) is 2. The first-order valence-electron chi connectivity index (χ1n) is 9.94. The number of rotatable bonds is 6. The van der Waals surface area contributed by atoms with Gasteiger partial charge >= 0.3 is 0 Å². The smallest absolute Gasteiger partial charge is 0.279 e. The van der Waals surface area contributed by atoms with Gasteiger partial charge in [0.2, 0.25) is 0 Å². The third-order valence-electron chi connectivity index (χ3n) is 5.67. The van der Waals surface area contributed by atoms with Crippen molar-refractivity contribution in [2.24, 2.45) is 0 Å². The van der Waals surface area contributed by atoms with Crippen molar-refractivity contribution in [2.45, 2.75) is 52.0 Å². The largest absolute Gasteiger partial charge is 0.323 e. The van der Waals surface area contributed by atoms with Crippen LogP contribution in [0.1, 0.15) is 55.0 Å². The Morgan fingerprint density at radius 2 is 1.77 bits per heavy atom. The normalized spacial score (nSPS) is 17.4. The van der Waals surface area contributed by atoms with Gasteiger partial charge in [0.05, 0.1) is 7.05 Å². The summed E-state index contributed by atoms with van der Waals surface area (Å²) in [7, 11) is 2.15. The molecule has 0 saturated heterocycles. The van der Waals surface area contributed by atoms with Crippen LogP contribution < -0.4 is 10.2 Å². The average molecular weight is 352 g/mol. The van der Waals surface area contributed by atoms with Crippen molar-refractivity contribution in [3.63, 3.8) is 0 Å². The van der Waals surface area contributed by atoms with E-state index in [1.54, 1.807) is 0 Å². The van der Waals surface area contributed by atoms with E-state index in [-0.39, 0.29) is 5.91 Å². The summed E-state index contributed by atoms with van der Waals surface area (Å²) in [5.74, 6) is 0.112. The number of carbonyl (C=O) groups excluding carboxylic acids is 1. The molecule has 138 valence electrons. The van der Waals surface area contributed by atoms with Crippen LogP contribution in [0.25, 0.3) is 0 Å². The van der Waals surface area contributed by atoms with Gasteiger partial charge in [0.1, 0.15) is 6.04 Å². The fourth-order valence-electron chi connectivity index (χ4n) is 4.23. The number of amides is 1. The average Bonchev–Trinajstić information content (AvgIpc) is 2.67. The first-order chi connectivity index (χ1) is 12.6. The van der Waals surface area contributed by atoms with E-state index in [0.29, 0.717) is 12.6 Å². The summed E-state index contributed by atoms with van der Waals surface area (Å²) in [4.78, 5) is 14.1. The summed E-state index contributed by atoms with van der Waals surface area (Å²) in [6, 6.07) is 15.4. The summed E-state index contributed by atoms with van der Waals surface area (Å²) in [6.45, 7) is 4.78. The lowest BCUT2D eigenvalue weighted by molar-refractivity contribution is -0.905. The Labute approximate surface area is 157 Å². The van der Waals surface area contributed by atoms with E-state index in [4.69, 9.17) is 0 Å². The minimum Gasteiger partial charge on any atom is -0.323 e. The molecule has 0 aliphatic heterocycles. The molecule has 1 unspecified atom stereocenters. The zero-order valence-electron chi connectivity index (χ0n) is 16.3. The van der Waals surface area contributed by atoms with E-state index >= 15 is 0 Å². The van der Waals surface area contributed by atoms with Crippen LogP contribution in [-0.2, 0) is 24.1 Å². The minimum atomic E-state index is 0.112. The van der Waals surface area contributed by atoms with Crippen LogP contribution in [0.3, 0.4) is 0 Å². The van der Waals surface area contributed by atoms with E-state index in [0.717, 1.165) is 31.4 Å². The molecule has 0 heterocycles. The van der Waals surface area contributed by atoms with Crippen molar-refractivity contribution in [3.8, 4) is 0 Å². The molecule has 2 N–H and O–H groups in total. The summed E-state index contributed by atoms with van der Waals surface area (Å²) in [5, 5.41) is 3.22. The maximum Gasteiger partial charge on any atom is 0.279 e. The Morgan fingerprint density at radius 1 is 1.08 bits per heavy atom. The maximum absolute atomic E-state index is 12.8. The zero-order valence-corrected chi connectivity index (χ0v) is 16.3. The molecule has 0 fully saturated rings. The van der Waals surface area contributed by atoms with Gasteiger partial charge in [-0.3, -0.25) is 4.79 Å². The maximum atomic E-state index is 12.8. The molecule has 0 radical (unpaired) electrons. The molecule has 1 aliphatic carbocycles. The minimum absolute atomic E-state index is 0.112. The highest BCUT2D eigenvalue weighted by atomic mass is 16.2. The Balaban J connectivity index is 1.72. The Morgan fingerprint density at radius 3 is 2.46 bits per heavy atom. The van der Waals surface area contributed by atoms with Gasteiger partial charge in [0, 0.05) is 17.7 Å².